The van der Waals surface area contributed by atoms with Crippen LogP contribution in [0.15, 0.2) is 18.2 Å². The van der Waals surface area contributed by atoms with Gasteiger partial charge in [-0.3, -0.25) is 0 Å². The second-order valence-corrected chi connectivity index (χ2v) is 6.13. The molecule has 0 aliphatic carbocycles. The highest BCUT2D eigenvalue weighted by molar-refractivity contribution is 5.58. The van der Waals surface area contributed by atoms with Gasteiger partial charge in [-0.2, -0.15) is 0 Å². The quantitative estimate of drug-likeness (QED) is 0.910. The van der Waals surface area contributed by atoms with E-state index in [1.807, 2.05) is 6.92 Å². The Bertz CT molecular complexity index is 460. The number of benzene rings is 1. The lowest BCUT2D eigenvalue weighted by molar-refractivity contribution is 0.188. The number of piperidine rings is 1. The lowest BCUT2D eigenvalue weighted by Crippen LogP contribution is -2.42. The van der Waals surface area contributed by atoms with Crippen molar-refractivity contribution in [2.45, 2.75) is 51.6 Å². The van der Waals surface area contributed by atoms with E-state index in [0.717, 1.165) is 24.1 Å². The first-order valence-corrected chi connectivity index (χ1v) is 8.00. The molecule has 0 aromatic heterocycles. The summed E-state index contributed by atoms with van der Waals surface area (Å²) in [6.45, 7) is 7.44. The smallest absolute Gasteiger partial charge is 0.142 e. The maximum Gasteiger partial charge on any atom is 0.142 e. The predicted molar refractivity (Wildman–Crippen MR) is 83.6 cm³/mol. The highest BCUT2D eigenvalue weighted by Crippen LogP contribution is 2.31. The van der Waals surface area contributed by atoms with Crippen LogP contribution in [0.4, 0.5) is 5.69 Å². The lowest BCUT2D eigenvalue weighted by atomic mass is 9.97. The monoisotopic (exact) mass is 274 g/mol. The van der Waals surface area contributed by atoms with E-state index in [1.54, 1.807) is 0 Å². The van der Waals surface area contributed by atoms with E-state index in [0.29, 0.717) is 6.04 Å². The Morgan fingerprint density at radius 2 is 2.20 bits per heavy atom. The average molecular weight is 274 g/mol. The number of rotatable bonds is 4. The first-order valence-electron chi connectivity index (χ1n) is 8.00. The molecular formula is C17H26N2O. The van der Waals surface area contributed by atoms with Crippen molar-refractivity contribution in [1.82, 2.24) is 4.90 Å². The van der Waals surface area contributed by atoms with E-state index in [9.17, 15) is 0 Å². The Morgan fingerprint density at radius 1 is 1.30 bits per heavy atom. The van der Waals surface area contributed by atoms with Crippen LogP contribution in [0, 0.1) is 6.92 Å². The summed E-state index contributed by atoms with van der Waals surface area (Å²) in [5.41, 5.74) is 2.42. The van der Waals surface area contributed by atoms with Crippen LogP contribution >= 0.6 is 0 Å². The van der Waals surface area contributed by atoms with Crippen LogP contribution in [-0.4, -0.2) is 36.7 Å². The van der Waals surface area contributed by atoms with E-state index in [-0.39, 0.29) is 0 Å². The van der Waals surface area contributed by atoms with Crippen molar-refractivity contribution in [3.63, 3.8) is 0 Å². The molecule has 0 spiro atoms. The van der Waals surface area contributed by atoms with Gasteiger partial charge in [-0.15, -0.1) is 0 Å². The van der Waals surface area contributed by atoms with Crippen molar-refractivity contribution in [3.8, 4) is 5.75 Å². The maximum absolute atomic E-state index is 5.77. The van der Waals surface area contributed by atoms with E-state index in [4.69, 9.17) is 4.74 Å². The summed E-state index contributed by atoms with van der Waals surface area (Å²) < 4.78 is 5.77. The van der Waals surface area contributed by atoms with Crippen molar-refractivity contribution < 1.29 is 4.74 Å². The second-order valence-electron chi connectivity index (χ2n) is 6.13. The average Bonchev–Trinajstić information content (AvgIpc) is 2.89. The van der Waals surface area contributed by atoms with Gasteiger partial charge in [0.25, 0.3) is 0 Å². The van der Waals surface area contributed by atoms with Gasteiger partial charge in [0.1, 0.15) is 5.75 Å². The summed E-state index contributed by atoms with van der Waals surface area (Å²) in [4.78, 5) is 2.66. The van der Waals surface area contributed by atoms with E-state index < -0.39 is 0 Å². The number of hydrogen-bond donors (Lipinski definition) is 1. The van der Waals surface area contributed by atoms with Crippen LogP contribution in [0.1, 0.15) is 38.2 Å². The van der Waals surface area contributed by atoms with Crippen LogP contribution in [-0.2, 0) is 0 Å². The van der Waals surface area contributed by atoms with Crippen molar-refractivity contribution in [2.75, 3.05) is 25.0 Å². The van der Waals surface area contributed by atoms with Crippen LogP contribution < -0.4 is 10.1 Å². The zero-order valence-electron chi connectivity index (χ0n) is 12.7. The van der Waals surface area contributed by atoms with Crippen molar-refractivity contribution in [1.29, 1.82) is 0 Å². The topological polar surface area (TPSA) is 24.5 Å². The highest BCUT2D eigenvalue weighted by atomic mass is 16.5. The number of fused-ring (bicyclic) bond motifs is 1. The molecule has 0 saturated carbocycles. The minimum atomic E-state index is 0.594. The molecule has 110 valence electrons. The molecule has 1 aromatic rings. The molecule has 2 aliphatic heterocycles. The molecule has 0 radical (unpaired) electrons. The van der Waals surface area contributed by atoms with Gasteiger partial charge in [0.15, 0.2) is 0 Å². The predicted octanol–water partition coefficient (Wildman–Crippen LogP) is 3.43. The van der Waals surface area contributed by atoms with Crippen LogP contribution in [0.3, 0.4) is 0 Å². The van der Waals surface area contributed by atoms with Crippen molar-refractivity contribution >= 4 is 5.69 Å². The summed E-state index contributed by atoms with van der Waals surface area (Å²) in [5.74, 6) is 1.00. The van der Waals surface area contributed by atoms with Crippen LogP contribution in [0.25, 0.3) is 0 Å². The molecule has 2 heterocycles. The third-order valence-electron chi connectivity index (χ3n) is 4.62. The third kappa shape index (κ3) is 2.93. The second kappa shape index (κ2) is 6.04. The van der Waals surface area contributed by atoms with E-state index in [2.05, 4.69) is 35.3 Å². The summed E-state index contributed by atoms with van der Waals surface area (Å²) in [5, 5.41) is 3.72. The van der Waals surface area contributed by atoms with Gasteiger partial charge in [-0.05, 0) is 63.8 Å². The van der Waals surface area contributed by atoms with Gasteiger partial charge in [0.05, 0.1) is 12.3 Å². The molecule has 1 N–H and O–H groups in total. The molecule has 0 amide bonds. The molecule has 2 fully saturated rings. The Hall–Kier alpha value is -1.22. The molecule has 3 heteroatoms. The molecule has 20 heavy (non-hydrogen) atoms. The van der Waals surface area contributed by atoms with Gasteiger partial charge >= 0.3 is 0 Å². The highest BCUT2D eigenvalue weighted by Gasteiger charge is 2.31. The molecule has 2 atom stereocenters. The molecule has 3 nitrogen and oxygen atoms in total. The molecule has 3 rings (SSSR count). The number of ether oxygens (including phenoxy) is 1. The number of nitrogens with one attached hydrogen (secondary N) is 1. The fourth-order valence-corrected chi connectivity index (χ4v) is 3.60. The van der Waals surface area contributed by atoms with Crippen LogP contribution in [0.2, 0.25) is 0 Å². The molecule has 2 saturated heterocycles. The number of hydrogen-bond acceptors (Lipinski definition) is 3. The summed E-state index contributed by atoms with van der Waals surface area (Å²) >= 11 is 0. The Kier molecular flexibility index (Phi) is 4.16. The van der Waals surface area contributed by atoms with Gasteiger partial charge in [0, 0.05) is 18.6 Å². The van der Waals surface area contributed by atoms with E-state index in [1.165, 1.54) is 44.3 Å². The van der Waals surface area contributed by atoms with Gasteiger partial charge in [0.2, 0.25) is 0 Å². The first kappa shape index (κ1) is 13.7. The lowest BCUT2D eigenvalue weighted by Gasteiger charge is -2.35. The number of aryl methyl sites for hydroxylation is 1. The van der Waals surface area contributed by atoms with Gasteiger partial charge in [-0.25, -0.2) is 0 Å². The Balaban J connectivity index is 1.68. The van der Waals surface area contributed by atoms with Crippen LogP contribution in [0.5, 0.6) is 5.75 Å². The molecule has 1 aromatic carbocycles. The molecule has 2 aliphatic rings. The first-order chi connectivity index (χ1) is 9.76. The largest absolute Gasteiger partial charge is 0.492 e. The Labute approximate surface area is 122 Å². The van der Waals surface area contributed by atoms with E-state index >= 15 is 0 Å². The zero-order chi connectivity index (χ0) is 13.9. The molecular weight excluding hydrogens is 248 g/mol. The minimum absolute atomic E-state index is 0.594. The van der Waals surface area contributed by atoms with Gasteiger partial charge in [-0.1, -0.05) is 6.07 Å². The van der Waals surface area contributed by atoms with Gasteiger partial charge < -0.3 is 15.0 Å². The molecule has 0 bridgehead atoms. The Morgan fingerprint density at radius 3 is 3.05 bits per heavy atom. The summed E-state index contributed by atoms with van der Waals surface area (Å²) in [7, 11) is 0. The van der Waals surface area contributed by atoms with Crippen molar-refractivity contribution in [2.24, 2.45) is 0 Å². The third-order valence-corrected chi connectivity index (χ3v) is 4.62. The molecule has 2 unspecified atom stereocenters. The number of nitrogens with zero attached hydrogens (tertiary/aromatic N) is 1. The number of anilines is 1. The zero-order valence-corrected chi connectivity index (χ0v) is 12.7. The standard InChI is InChI=1S/C17H26N2O/c1-3-20-17-11-13(2)6-7-16(17)18-14-8-10-19-9-4-5-15(19)12-14/h6-7,11,14-15,18H,3-5,8-10,12H2,1-2H3. The van der Waals surface area contributed by atoms with Crippen molar-refractivity contribution in [3.05, 3.63) is 23.8 Å². The SMILES string of the molecule is CCOc1cc(C)ccc1NC1CCN2CCCC2C1. The fraction of sp³-hybridized carbons (Fsp3) is 0.647. The summed E-state index contributed by atoms with van der Waals surface area (Å²) in [6, 6.07) is 7.87. The minimum Gasteiger partial charge on any atom is -0.492 e. The maximum atomic E-state index is 5.77. The normalized spacial score (nSPS) is 26.3. The summed E-state index contributed by atoms with van der Waals surface area (Å²) in [6.07, 6.45) is 5.28. The fourth-order valence-electron chi connectivity index (χ4n) is 3.60.